The Morgan fingerprint density at radius 2 is 1.69 bits per heavy atom. The van der Waals surface area contributed by atoms with Gasteiger partial charge in [0, 0.05) is 42.7 Å². The monoisotopic (exact) mass is 504 g/mol. The molecule has 0 aliphatic carbocycles. The number of aliphatic hydroxyl groups is 2. The number of hydroxylamine groups is 2. The smallest absolute Gasteiger partial charge is 0.123 e. The zero-order chi connectivity index (χ0) is 25.3. The maximum Gasteiger partial charge on any atom is 0.123 e. The first-order chi connectivity index (χ1) is 16.5. The van der Waals surface area contributed by atoms with Crippen LogP contribution in [0.15, 0.2) is 48.5 Å². The minimum Gasteiger partial charge on any atom is -0.390 e. The summed E-state index contributed by atoms with van der Waals surface area (Å²) in [5, 5.41) is 35.7. The first-order valence-electron chi connectivity index (χ1n) is 12.6. The molecule has 0 aromatic heterocycles. The van der Waals surface area contributed by atoms with Gasteiger partial charge in [-0.15, -0.1) is 0 Å². The van der Waals surface area contributed by atoms with Crippen molar-refractivity contribution in [3.05, 3.63) is 70.5 Å². The zero-order valence-electron chi connectivity index (χ0n) is 20.8. The van der Waals surface area contributed by atoms with Crippen LogP contribution in [0.1, 0.15) is 57.1 Å². The predicted molar refractivity (Wildman–Crippen MR) is 136 cm³/mol. The van der Waals surface area contributed by atoms with Gasteiger partial charge in [0.05, 0.1) is 11.2 Å². The molecule has 3 N–H and O–H groups in total. The molecule has 2 aliphatic rings. The summed E-state index contributed by atoms with van der Waals surface area (Å²) in [7, 11) is 0. The van der Waals surface area contributed by atoms with Crippen LogP contribution in [0.5, 0.6) is 0 Å². The Labute approximate surface area is 213 Å². The normalized spacial score (nSPS) is 30.2. The van der Waals surface area contributed by atoms with Crippen molar-refractivity contribution in [1.29, 1.82) is 0 Å². The largest absolute Gasteiger partial charge is 0.390 e. The number of hydrogen-bond acceptors (Lipinski definition) is 5. The number of hydrogen-bond donors (Lipinski definition) is 3. The average molecular weight is 505 g/mol. The van der Waals surface area contributed by atoms with Crippen LogP contribution in [0.2, 0.25) is 5.02 Å². The Morgan fingerprint density at radius 1 is 1.00 bits per heavy atom. The second-order valence-corrected chi connectivity index (χ2v) is 11.6. The van der Waals surface area contributed by atoms with Gasteiger partial charge in [-0.1, -0.05) is 49.7 Å². The molecule has 7 heteroatoms. The van der Waals surface area contributed by atoms with E-state index in [0.29, 0.717) is 56.6 Å². The molecule has 2 heterocycles. The minimum absolute atomic E-state index is 0.222. The van der Waals surface area contributed by atoms with Gasteiger partial charge in [-0.3, -0.25) is 0 Å². The summed E-state index contributed by atoms with van der Waals surface area (Å²) in [5.74, 6) is -0.278. The van der Waals surface area contributed by atoms with Crippen LogP contribution in [-0.2, 0) is 12.0 Å². The lowest BCUT2D eigenvalue weighted by Gasteiger charge is -2.51. The Bertz CT molecular complexity index is 987. The lowest BCUT2D eigenvalue weighted by molar-refractivity contribution is -0.136. The van der Waals surface area contributed by atoms with E-state index in [0.717, 1.165) is 24.2 Å². The van der Waals surface area contributed by atoms with E-state index in [2.05, 4.69) is 18.7 Å². The van der Waals surface area contributed by atoms with Crippen molar-refractivity contribution in [2.24, 2.45) is 5.41 Å². The number of benzene rings is 2. The molecule has 0 bridgehead atoms. The van der Waals surface area contributed by atoms with E-state index in [9.17, 15) is 19.8 Å². The second-order valence-electron chi connectivity index (χ2n) is 11.2. The zero-order valence-corrected chi connectivity index (χ0v) is 21.5. The third-order valence-electron chi connectivity index (χ3n) is 8.19. The summed E-state index contributed by atoms with van der Waals surface area (Å²) >= 11 is 6.05. The lowest BCUT2D eigenvalue weighted by atomic mass is 9.66. The van der Waals surface area contributed by atoms with Gasteiger partial charge in [-0.05, 0) is 73.9 Å². The maximum atomic E-state index is 13.3. The Morgan fingerprint density at radius 3 is 2.34 bits per heavy atom. The summed E-state index contributed by atoms with van der Waals surface area (Å²) in [6, 6.07) is 13.6. The summed E-state index contributed by atoms with van der Waals surface area (Å²) in [6.45, 7) is 6.88. The Hall–Kier alpha value is -1.54. The topological polar surface area (TPSA) is 67.2 Å². The number of likely N-dealkylation sites (tertiary alicyclic amines) is 1. The van der Waals surface area contributed by atoms with Crippen LogP contribution in [0.25, 0.3) is 0 Å². The van der Waals surface area contributed by atoms with Crippen molar-refractivity contribution >= 4 is 11.6 Å². The van der Waals surface area contributed by atoms with E-state index in [4.69, 9.17) is 11.6 Å². The number of halogens is 2. The van der Waals surface area contributed by atoms with Crippen LogP contribution in [0, 0.1) is 11.2 Å². The fourth-order valence-corrected chi connectivity index (χ4v) is 6.07. The molecule has 192 valence electrons. The van der Waals surface area contributed by atoms with Crippen LogP contribution < -0.4 is 0 Å². The Balaban J connectivity index is 1.39. The highest BCUT2D eigenvalue weighted by Gasteiger charge is 2.49. The molecule has 3 atom stereocenters. The van der Waals surface area contributed by atoms with Crippen LogP contribution >= 0.6 is 11.6 Å². The molecule has 2 aliphatic heterocycles. The van der Waals surface area contributed by atoms with E-state index in [1.807, 2.05) is 24.3 Å². The molecule has 2 unspecified atom stereocenters. The van der Waals surface area contributed by atoms with Crippen molar-refractivity contribution < 1.29 is 19.8 Å². The maximum absolute atomic E-state index is 13.3. The number of nitrogens with zero attached hydrogens (tertiary/aromatic N) is 2. The molecule has 35 heavy (non-hydrogen) atoms. The van der Waals surface area contributed by atoms with E-state index in [1.165, 1.54) is 17.2 Å². The van der Waals surface area contributed by atoms with Gasteiger partial charge in [-0.2, -0.15) is 5.06 Å². The highest BCUT2D eigenvalue weighted by Crippen LogP contribution is 2.46. The van der Waals surface area contributed by atoms with Gasteiger partial charge in [-0.25, -0.2) is 4.39 Å². The van der Waals surface area contributed by atoms with Crippen molar-refractivity contribution in [1.82, 2.24) is 9.96 Å². The van der Waals surface area contributed by atoms with E-state index >= 15 is 0 Å². The molecule has 4 rings (SSSR count). The van der Waals surface area contributed by atoms with Crippen LogP contribution in [0.3, 0.4) is 0 Å². The fraction of sp³-hybridized carbons (Fsp3) is 0.571. The first kappa shape index (κ1) is 26.5. The molecule has 0 radical (unpaired) electrons. The number of rotatable bonds is 6. The van der Waals surface area contributed by atoms with E-state index in [-0.39, 0.29) is 17.3 Å². The van der Waals surface area contributed by atoms with Crippen molar-refractivity contribution in [2.75, 3.05) is 26.2 Å². The molecular formula is C28H38ClFN2O3. The van der Waals surface area contributed by atoms with Gasteiger partial charge in [0.25, 0.3) is 0 Å². The van der Waals surface area contributed by atoms with E-state index < -0.39 is 11.2 Å². The third-order valence-corrected chi connectivity index (χ3v) is 8.45. The molecule has 5 nitrogen and oxygen atoms in total. The summed E-state index contributed by atoms with van der Waals surface area (Å²) < 4.78 is 13.3. The van der Waals surface area contributed by atoms with Crippen molar-refractivity contribution in [3.8, 4) is 0 Å². The predicted octanol–water partition coefficient (Wildman–Crippen LogP) is 5.01. The summed E-state index contributed by atoms with van der Waals surface area (Å²) in [5.41, 5.74) is -0.362. The molecule has 0 amide bonds. The second kappa shape index (κ2) is 10.4. The molecule has 2 saturated heterocycles. The van der Waals surface area contributed by atoms with Gasteiger partial charge in [0.15, 0.2) is 0 Å². The van der Waals surface area contributed by atoms with Crippen molar-refractivity contribution in [2.45, 2.75) is 69.6 Å². The third kappa shape index (κ3) is 6.07. The van der Waals surface area contributed by atoms with Gasteiger partial charge < -0.3 is 20.3 Å². The quantitative estimate of drug-likeness (QED) is 0.516. The highest BCUT2D eigenvalue weighted by atomic mass is 35.5. The number of piperidine rings is 1. The SMILES string of the molecule is CC1(C)CN(CCC2(O)CCCN(O)C(Cc3ccc(F)cc3)C2)CC[C@]1(O)c1ccc(Cl)cc1. The fourth-order valence-electron chi connectivity index (χ4n) is 5.94. The standard InChI is InChI=1S/C28H38ClFN2O3/c1-26(2)20-31(17-14-28(26,34)22-6-8-23(29)9-7-22)16-13-27(33)12-3-15-32(35)25(19-27)18-21-4-10-24(30)11-5-21/h4-11,25,33-35H,3,12-20H2,1-2H3/t25?,27?,28-/m0/s1. The van der Waals surface area contributed by atoms with Crippen molar-refractivity contribution in [3.63, 3.8) is 0 Å². The molecule has 0 spiro atoms. The molecule has 0 saturated carbocycles. The minimum atomic E-state index is -0.940. The van der Waals surface area contributed by atoms with Gasteiger partial charge in [0.2, 0.25) is 0 Å². The Kier molecular flexibility index (Phi) is 7.91. The molecule has 2 aromatic rings. The van der Waals surface area contributed by atoms with Gasteiger partial charge in [0.1, 0.15) is 5.82 Å². The average Bonchev–Trinajstić information content (AvgIpc) is 2.94. The molecular weight excluding hydrogens is 467 g/mol. The highest BCUT2D eigenvalue weighted by molar-refractivity contribution is 6.30. The van der Waals surface area contributed by atoms with Gasteiger partial charge >= 0.3 is 0 Å². The van der Waals surface area contributed by atoms with E-state index in [1.54, 1.807) is 12.1 Å². The lowest BCUT2D eigenvalue weighted by Crippen LogP contribution is -2.56. The summed E-state index contributed by atoms with van der Waals surface area (Å²) in [4.78, 5) is 2.33. The first-order valence-corrected chi connectivity index (χ1v) is 13.0. The molecule has 2 aromatic carbocycles. The summed E-state index contributed by atoms with van der Waals surface area (Å²) in [6.07, 6.45) is 3.59. The molecule has 2 fully saturated rings. The van der Waals surface area contributed by atoms with Crippen LogP contribution in [0.4, 0.5) is 4.39 Å². The van der Waals surface area contributed by atoms with Crippen LogP contribution in [-0.4, -0.2) is 63.2 Å².